The summed E-state index contributed by atoms with van der Waals surface area (Å²) in [6.07, 6.45) is 0. The lowest BCUT2D eigenvalue weighted by Gasteiger charge is -2.31. The molecule has 2 nitrogen and oxygen atoms in total. The first-order chi connectivity index (χ1) is 22.4. The van der Waals surface area contributed by atoms with Gasteiger partial charge in [-0.3, -0.25) is 9.98 Å². The summed E-state index contributed by atoms with van der Waals surface area (Å²) in [4.78, 5) is 10.6. The van der Waals surface area contributed by atoms with Gasteiger partial charge in [0.05, 0.1) is 22.8 Å². The Bertz CT molecular complexity index is 1740. The van der Waals surface area contributed by atoms with Crippen molar-refractivity contribution in [3.63, 3.8) is 0 Å². The molecule has 0 aliphatic carbocycles. The fraction of sp³-hybridized carbons (Fsp3) is 0.0952. The van der Waals surface area contributed by atoms with Crippen molar-refractivity contribution in [2.24, 2.45) is 9.98 Å². The lowest BCUT2D eigenvalue weighted by atomic mass is 10.2. The minimum absolute atomic E-state index is 0.919. The Labute approximate surface area is 275 Å². The molecule has 0 aromatic heterocycles. The van der Waals surface area contributed by atoms with E-state index in [1.54, 1.807) is 0 Å². The number of hydrogen-bond acceptors (Lipinski definition) is 2. The number of rotatable bonds is 9. The zero-order valence-electron chi connectivity index (χ0n) is 27.1. The molecule has 0 amide bonds. The topological polar surface area (TPSA) is 24.7 Å². The van der Waals surface area contributed by atoms with Gasteiger partial charge in [-0.2, -0.15) is 0 Å². The molecule has 0 aliphatic heterocycles. The molecule has 0 unspecified atom stereocenters. The molecule has 0 N–H and O–H groups in total. The van der Waals surface area contributed by atoms with Crippen LogP contribution in [0.5, 0.6) is 0 Å². The lowest BCUT2D eigenvalue weighted by Crippen LogP contribution is -2.64. The van der Waals surface area contributed by atoms with E-state index in [2.05, 4.69) is 197 Å². The summed E-state index contributed by atoms with van der Waals surface area (Å²) in [6, 6.07) is 61.1. The van der Waals surface area contributed by atoms with Crippen LogP contribution < -0.4 is 31.1 Å². The SMILES string of the molecule is CC(=Nc1ccccc1[Si](C)(c1ccccc1)c1ccccc1)C(C)=Nc1ccccc1[Si](C)(c1ccccc1)c1ccccc1. The maximum atomic E-state index is 5.31. The van der Waals surface area contributed by atoms with E-state index in [1.165, 1.54) is 31.1 Å². The highest BCUT2D eigenvalue weighted by Gasteiger charge is 2.37. The maximum absolute atomic E-state index is 5.31. The average molecular weight is 629 g/mol. The highest BCUT2D eigenvalue weighted by molar-refractivity contribution is 7.12. The largest absolute Gasteiger partial charge is 0.252 e. The maximum Gasteiger partial charge on any atom is 0.148 e. The van der Waals surface area contributed by atoms with Gasteiger partial charge in [-0.25, -0.2) is 0 Å². The molecule has 0 atom stereocenters. The van der Waals surface area contributed by atoms with Crippen molar-refractivity contribution in [3.8, 4) is 0 Å². The van der Waals surface area contributed by atoms with E-state index in [-0.39, 0.29) is 0 Å². The summed E-state index contributed by atoms with van der Waals surface area (Å²) in [5, 5.41) is 8.07. The third-order valence-corrected chi connectivity index (χ3v) is 18.3. The molecule has 0 radical (unpaired) electrons. The van der Waals surface area contributed by atoms with E-state index in [9.17, 15) is 0 Å². The Morgan fingerprint density at radius 2 is 0.587 bits per heavy atom. The van der Waals surface area contributed by atoms with Crippen LogP contribution in [-0.4, -0.2) is 27.6 Å². The summed E-state index contributed by atoms with van der Waals surface area (Å²) in [5.74, 6) is 0. The highest BCUT2D eigenvalue weighted by Crippen LogP contribution is 2.20. The standard InChI is InChI=1S/C42H40N2Si2/c1-33(43-39-29-17-19-31-41(39)45(3,35-21-9-5-10-22-35)36-23-11-6-12-24-36)34(2)44-40-30-18-20-32-42(40)46(4,37-25-13-7-14-26-37)38-27-15-8-16-28-38/h5-32H,1-4H3. The van der Waals surface area contributed by atoms with Crippen molar-refractivity contribution in [2.75, 3.05) is 0 Å². The molecule has 0 saturated heterocycles. The van der Waals surface area contributed by atoms with Crippen LogP contribution in [0.4, 0.5) is 11.4 Å². The van der Waals surface area contributed by atoms with Gasteiger partial charge in [-0.05, 0) is 57.1 Å². The highest BCUT2D eigenvalue weighted by atomic mass is 28.3. The van der Waals surface area contributed by atoms with Crippen LogP contribution in [0, 0.1) is 0 Å². The third-order valence-electron chi connectivity index (χ3n) is 9.39. The molecule has 6 aromatic rings. The molecule has 0 aliphatic rings. The van der Waals surface area contributed by atoms with Crippen LogP contribution in [0.25, 0.3) is 0 Å². The van der Waals surface area contributed by atoms with E-state index in [4.69, 9.17) is 9.98 Å². The van der Waals surface area contributed by atoms with Gasteiger partial charge in [-0.1, -0.05) is 171 Å². The second-order valence-electron chi connectivity index (χ2n) is 12.1. The number of nitrogens with zero attached hydrogens (tertiary/aromatic N) is 2. The van der Waals surface area contributed by atoms with Gasteiger partial charge in [-0.15, -0.1) is 0 Å². The predicted molar refractivity (Wildman–Crippen MR) is 205 cm³/mol. The van der Waals surface area contributed by atoms with Crippen molar-refractivity contribution in [1.29, 1.82) is 0 Å². The van der Waals surface area contributed by atoms with E-state index in [1.807, 2.05) is 0 Å². The van der Waals surface area contributed by atoms with Crippen LogP contribution >= 0.6 is 0 Å². The molecule has 6 aromatic carbocycles. The van der Waals surface area contributed by atoms with Gasteiger partial charge in [0.1, 0.15) is 16.1 Å². The van der Waals surface area contributed by atoms with E-state index in [0.717, 1.165) is 22.8 Å². The zero-order chi connectivity index (χ0) is 32.0. The van der Waals surface area contributed by atoms with Gasteiger partial charge in [0.15, 0.2) is 0 Å². The minimum atomic E-state index is -2.35. The number of benzene rings is 6. The van der Waals surface area contributed by atoms with E-state index < -0.39 is 16.1 Å². The Balaban J connectivity index is 1.46. The summed E-state index contributed by atoms with van der Waals surface area (Å²) in [7, 11) is -4.70. The number of aliphatic imine (C=N–C) groups is 2. The lowest BCUT2D eigenvalue weighted by molar-refractivity contribution is 1.49. The van der Waals surface area contributed by atoms with Crippen LogP contribution in [0.3, 0.4) is 0 Å². The number of para-hydroxylation sites is 2. The molecule has 0 spiro atoms. The average Bonchev–Trinajstić information content (AvgIpc) is 3.13. The summed E-state index contributed by atoms with van der Waals surface area (Å²) >= 11 is 0. The second kappa shape index (κ2) is 13.6. The van der Waals surface area contributed by atoms with Gasteiger partial charge in [0.2, 0.25) is 0 Å². The fourth-order valence-corrected chi connectivity index (χ4v) is 14.1. The zero-order valence-corrected chi connectivity index (χ0v) is 29.1. The van der Waals surface area contributed by atoms with Crippen molar-refractivity contribution in [3.05, 3.63) is 170 Å². The quantitative estimate of drug-likeness (QED) is 0.0960. The van der Waals surface area contributed by atoms with Crippen LogP contribution in [0.2, 0.25) is 13.1 Å². The first-order valence-electron chi connectivity index (χ1n) is 15.9. The number of hydrogen-bond donors (Lipinski definition) is 0. The molecule has 0 heterocycles. The summed E-state index contributed by atoms with van der Waals surface area (Å²) in [6.45, 7) is 9.06. The van der Waals surface area contributed by atoms with Crippen LogP contribution in [-0.2, 0) is 0 Å². The molecule has 0 bridgehead atoms. The Morgan fingerprint density at radius 3 is 0.870 bits per heavy atom. The van der Waals surface area contributed by atoms with E-state index >= 15 is 0 Å². The Hall–Kier alpha value is -4.91. The van der Waals surface area contributed by atoms with Crippen molar-refractivity contribution >= 4 is 70.1 Å². The van der Waals surface area contributed by atoms with Crippen molar-refractivity contribution in [2.45, 2.75) is 26.9 Å². The summed E-state index contributed by atoms with van der Waals surface area (Å²) in [5.41, 5.74) is 3.86. The van der Waals surface area contributed by atoms with Gasteiger partial charge in [0.25, 0.3) is 0 Å². The monoisotopic (exact) mass is 628 g/mol. The molecule has 4 heteroatoms. The summed E-state index contributed by atoms with van der Waals surface area (Å²) < 4.78 is 0. The predicted octanol–water partition coefficient (Wildman–Crippen LogP) is 6.77. The third kappa shape index (κ3) is 6.02. The molecule has 0 fully saturated rings. The normalized spacial score (nSPS) is 12.6. The van der Waals surface area contributed by atoms with Crippen LogP contribution in [0.1, 0.15) is 13.8 Å². The van der Waals surface area contributed by atoms with E-state index in [0.29, 0.717) is 0 Å². The molecule has 0 saturated carbocycles. The first-order valence-corrected chi connectivity index (χ1v) is 20.9. The van der Waals surface area contributed by atoms with Crippen molar-refractivity contribution in [1.82, 2.24) is 0 Å². The molecular formula is C42H40N2Si2. The molecule has 6 rings (SSSR count). The van der Waals surface area contributed by atoms with Gasteiger partial charge < -0.3 is 0 Å². The molecule has 46 heavy (non-hydrogen) atoms. The van der Waals surface area contributed by atoms with Gasteiger partial charge >= 0.3 is 0 Å². The van der Waals surface area contributed by atoms with Gasteiger partial charge in [0, 0.05) is 0 Å². The minimum Gasteiger partial charge on any atom is -0.252 e. The van der Waals surface area contributed by atoms with Crippen LogP contribution in [0.15, 0.2) is 180 Å². The first kappa shape index (κ1) is 31.1. The molecular weight excluding hydrogens is 589 g/mol. The Morgan fingerprint density at radius 1 is 0.348 bits per heavy atom. The Kier molecular flexibility index (Phi) is 9.20. The fourth-order valence-electron chi connectivity index (χ4n) is 6.55. The van der Waals surface area contributed by atoms with Crippen molar-refractivity contribution < 1.29 is 0 Å². The second-order valence-corrected chi connectivity index (χ2v) is 20.0. The smallest absolute Gasteiger partial charge is 0.148 e. The molecule has 226 valence electrons.